The monoisotopic (exact) mass is 309 g/mol. The molecule has 0 aliphatic rings. The van der Waals surface area contributed by atoms with Gasteiger partial charge >= 0.3 is 5.97 Å². The van der Waals surface area contributed by atoms with Crippen LogP contribution in [0.15, 0.2) is 48.5 Å². The number of carbonyl (C=O) groups is 1. The summed E-state index contributed by atoms with van der Waals surface area (Å²) in [5.41, 5.74) is 2.41. The van der Waals surface area contributed by atoms with E-state index in [1.54, 1.807) is 36.4 Å². The zero-order chi connectivity index (χ0) is 14.4. The molecule has 0 aliphatic heterocycles. The van der Waals surface area contributed by atoms with Crippen molar-refractivity contribution in [2.24, 2.45) is 0 Å². The number of rotatable bonds is 6. The number of hydrogen-bond donors (Lipinski definition) is 2. The lowest BCUT2D eigenvalue weighted by Crippen LogP contribution is -2.16. The largest absolute Gasteiger partial charge is 0.478 e. The third-order valence-electron chi connectivity index (χ3n) is 3.03. The van der Waals surface area contributed by atoms with Crippen LogP contribution in [0.3, 0.4) is 0 Å². The van der Waals surface area contributed by atoms with E-state index in [4.69, 9.17) is 5.11 Å². The molecule has 2 aromatic rings. The number of halogens is 2. The van der Waals surface area contributed by atoms with Gasteiger partial charge in [0.05, 0.1) is 5.56 Å². The molecule has 0 amide bonds. The molecule has 0 heterocycles. The van der Waals surface area contributed by atoms with Gasteiger partial charge in [0.1, 0.15) is 5.82 Å². The van der Waals surface area contributed by atoms with Gasteiger partial charge in [0.2, 0.25) is 0 Å². The van der Waals surface area contributed by atoms with Crippen LogP contribution in [0, 0.1) is 5.82 Å². The molecule has 112 valence electrons. The topological polar surface area (TPSA) is 49.3 Å². The molecule has 2 N–H and O–H groups in total. The zero-order valence-corrected chi connectivity index (χ0v) is 12.2. The summed E-state index contributed by atoms with van der Waals surface area (Å²) in [7, 11) is 0. The van der Waals surface area contributed by atoms with E-state index in [2.05, 4.69) is 5.32 Å². The highest BCUT2D eigenvalue weighted by Gasteiger charge is 2.01. The lowest BCUT2D eigenvalue weighted by molar-refractivity contribution is 0.0697. The molecule has 0 saturated heterocycles. The molecule has 21 heavy (non-hydrogen) atoms. The number of carboxylic acid groups (broad SMARTS) is 1. The zero-order valence-electron chi connectivity index (χ0n) is 11.4. The Labute approximate surface area is 129 Å². The molecule has 0 radical (unpaired) electrons. The van der Waals surface area contributed by atoms with Crippen molar-refractivity contribution in [1.29, 1.82) is 0 Å². The Morgan fingerprint density at radius 2 is 1.57 bits per heavy atom. The molecule has 0 fully saturated rings. The fourth-order valence-electron chi connectivity index (χ4n) is 1.88. The van der Waals surface area contributed by atoms with Crippen molar-refractivity contribution in [2.45, 2.75) is 13.0 Å². The molecule has 0 saturated carbocycles. The van der Waals surface area contributed by atoms with Crippen molar-refractivity contribution in [3.63, 3.8) is 0 Å². The third-order valence-corrected chi connectivity index (χ3v) is 3.03. The van der Waals surface area contributed by atoms with Crippen LogP contribution in [0.2, 0.25) is 0 Å². The van der Waals surface area contributed by atoms with Crippen molar-refractivity contribution < 1.29 is 14.3 Å². The second-order valence-corrected chi connectivity index (χ2v) is 4.56. The normalized spacial score (nSPS) is 9.95. The molecule has 2 rings (SSSR count). The SMILES string of the molecule is Cl.O=C(O)c1ccc(CNCCc2ccc(F)cc2)cc1. The number of aromatic carboxylic acids is 1. The molecule has 5 heteroatoms. The first-order valence-corrected chi connectivity index (χ1v) is 6.42. The van der Waals surface area contributed by atoms with E-state index < -0.39 is 5.97 Å². The van der Waals surface area contributed by atoms with Gasteiger partial charge in [-0.05, 0) is 48.4 Å². The van der Waals surface area contributed by atoms with Gasteiger partial charge in [0, 0.05) is 6.54 Å². The highest BCUT2D eigenvalue weighted by atomic mass is 35.5. The number of benzene rings is 2. The standard InChI is InChI=1S/C16H16FNO2.ClH/c17-15-7-3-12(4-8-15)9-10-18-11-13-1-5-14(6-2-13)16(19)20;/h1-8,18H,9-11H2,(H,19,20);1H. The molecule has 0 aliphatic carbocycles. The van der Waals surface area contributed by atoms with Crippen molar-refractivity contribution in [2.75, 3.05) is 6.54 Å². The molecule has 0 unspecified atom stereocenters. The minimum atomic E-state index is -0.916. The Morgan fingerprint density at radius 1 is 1.00 bits per heavy atom. The molecular formula is C16H17ClFNO2. The lowest BCUT2D eigenvalue weighted by atomic mass is 10.1. The van der Waals surface area contributed by atoms with E-state index in [0.29, 0.717) is 12.1 Å². The predicted molar refractivity (Wildman–Crippen MR) is 82.5 cm³/mol. The Kier molecular flexibility index (Phi) is 6.85. The third kappa shape index (κ3) is 5.53. The van der Waals surface area contributed by atoms with E-state index in [9.17, 15) is 9.18 Å². The smallest absolute Gasteiger partial charge is 0.335 e. The highest BCUT2D eigenvalue weighted by Crippen LogP contribution is 2.05. The summed E-state index contributed by atoms with van der Waals surface area (Å²) in [6, 6.07) is 13.3. The molecular weight excluding hydrogens is 293 g/mol. The molecule has 0 bridgehead atoms. The van der Waals surface area contributed by atoms with E-state index >= 15 is 0 Å². The molecule has 0 atom stereocenters. The Morgan fingerprint density at radius 3 is 2.14 bits per heavy atom. The van der Waals surface area contributed by atoms with E-state index in [-0.39, 0.29) is 18.2 Å². The number of hydrogen-bond acceptors (Lipinski definition) is 2. The van der Waals surface area contributed by atoms with Crippen LogP contribution in [0.25, 0.3) is 0 Å². The van der Waals surface area contributed by atoms with Crippen LogP contribution < -0.4 is 5.32 Å². The maximum atomic E-state index is 12.7. The van der Waals surface area contributed by atoms with Crippen molar-refractivity contribution >= 4 is 18.4 Å². The van der Waals surface area contributed by atoms with Crippen LogP contribution in [0.5, 0.6) is 0 Å². The van der Waals surface area contributed by atoms with Crippen LogP contribution >= 0.6 is 12.4 Å². The maximum Gasteiger partial charge on any atom is 0.335 e. The molecule has 0 aromatic heterocycles. The Hall–Kier alpha value is -1.91. The van der Waals surface area contributed by atoms with Crippen LogP contribution in [-0.2, 0) is 13.0 Å². The van der Waals surface area contributed by atoms with Crippen LogP contribution in [0.4, 0.5) is 4.39 Å². The van der Waals surface area contributed by atoms with Crippen LogP contribution in [0.1, 0.15) is 21.5 Å². The Balaban J connectivity index is 0.00000220. The van der Waals surface area contributed by atoms with Gasteiger partial charge in [-0.3, -0.25) is 0 Å². The minimum Gasteiger partial charge on any atom is -0.478 e. The number of carboxylic acids is 1. The minimum absolute atomic E-state index is 0. The number of nitrogens with one attached hydrogen (secondary N) is 1. The van der Waals surface area contributed by atoms with Gasteiger partial charge in [-0.2, -0.15) is 0 Å². The van der Waals surface area contributed by atoms with Crippen LogP contribution in [-0.4, -0.2) is 17.6 Å². The maximum absolute atomic E-state index is 12.7. The quantitative estimate of drug-likeness (QED) is 0.805. The van der Waals surface area contributed by atoms with E-state index in [1.807, 2.05) is 0 Å². The van der Waals surface area contributed by atoms with Gasteiger partial charge in [0.25, 0.3) is 0 Å². The van der Waals surface area contributed by atoms with E-state index in [0.717, 1.165) is 24.1 Å². The highest BCUT2D eigenvalue weighted by molar-refractivity contribution is 5.87. The fraction of sp³-hybridized carbons (Fsp3) is 0.188. The van der Waals surface area contributed by atoms with Gasteiger partial charge in [0.15, 0.2) is 0 Å². The van der Waals surface area contributed by atoms with E-state index in [1.165, 1.54) is 12.1 Å². The van der Waals surface area contributed by atoms with Gasteiger partial charge in [-0.1, -0.05) is 24.3 Å². The summed E-state index contributed by atoms with van der Waals surface area (Å²) < 4.78 is 12.7. The second kappa shape index (κ2) is 8.39. The first-order valence-electron chi connectivity index (χ1n) is 6.42. The van der Waals surface area contributed by atoms with Gasteiger partial charge in [-0.25, -0.2) is 9.18 Å². The summed E-state index contributed by atoms with van der Waals surface area (Å²) in [5, 5.41) is 12.1. The van der Waals surface area contributed by atoms with Crippen molar-refractivity contribution in [1.82, 2.24) is 5.32 Å². The van der Waals surface area contributed by atoms with Gasteiger partial charge < -0.3 is 10.4 Å². The summed E-state index contributed by atoms with van der Waals surface area (Å²) in [4.78, 5) is 10.7. The summed E-state index contributed by atoms with van der Waals surface area (Å²) in [6.07, 6.45) is 0.827. The predicted octanol–water partition coefficient (Wildman–Crippen LogP) is 3.28. The fourth-order valence-corrected chi connectivity index (χ4v) is 1.88. The second-order valence-electron chi connectivity index (χ2n) is 4.56. The van der Waals surface area contributed by atoms with Crippen molar-refractivity contribution in [3.8, 4) is 0 Å². The average molecular weight is 310 g/mol. The Bertz CT molecular complexity index is 570. The first kappa shape index (κ1) is 17.1. The van der Waals surface area contributed by atoms with Gasteiger partial charge in [-0.15, -0.1) is 12.4 Å². The van der Waals surface area contributed by atoms with Crippen molar-refractivity contribution in [3.05, 3.63) is 71.0 Å². The first-order chi connectivity index (χ1) is 9.65. The summed E-state index contributed by atoms with van der Waals surface area (Å²) in [5.74, 6) is -1.14. The summed E-state index contributed by atoms with van der Waals surface area (Å²) in [6.45, 7) is 1.47. The molecule has 3 nitrogen and oxygen atoms in total. The lowest BCUT2D eigenvalue weighted by Gasteiger charge is -2.05. The average Bonchev–Trinajstić information content (AvgIpc) is 2.46. The molecule has 2 aromatic carbocycles. The summed E-state index contributed by atoms with van der Waals surface area (Å²) >= 11 is 0. The molecule has 0 spiro atoms.